The summed E-state index contributed by atoms with van der Waals surface area (Å²) < 4.78 is 10.8. The molecule has 96 valence electrons. The van der Waals surface area contributed by atoms with Crippen molar-refractivity contribution in [2.24, 2.45) is 0 Å². The quantitative estimate of drug-likeness (QED) is 0.790. The fourth-order valence-electron chi connectivity index (χ4n) is 1.57. The Kier molecular flexibility index (Phi) is 6.01. The van der Waals surface area contributed by atoms with Crippen LogP contribution in [0.3, 0.4) is 0 Å². The van der Waals surface area contributed by atoms with Gasteiger partial charge in [-0.25, -0.2) is 0 Å². The number of methoxy groups -OCH3 is 1. The van der Waals surface area contributed by atoms with Crippen molar-refractivity contribution >= 4 is 5.69 Å². The third kappa shape index (κ3) is 4.36. The summed E-state index contributed by atoms with van der Waals surface area (Å²) in [4.78, 5) is 0. The molecule has 0 saturated carbocycles. The molecule has 0 aliphatic heterocycles. The smallest absolute Gasteiger partial charge is 0.0741 e. The van der Waals surface area contributed by atoms with Gasteiger partial charge in [-0.2, -0.15) is 0 Å². The zero-order valence-corrected chi connectivity index (χ0v) is 11.2. The maximum Gasteiger partial charge on any atom is 0.0741 e. The lowest BCUT2D eigenvalue weighted by Crippen LogP contribution is -2.30. The van der Waals surface area contributed by atoms with E-state index in [1.54, 1.807) is 7.11 Å². The lowest BCUT2D eigenvalue weighted by atomic mass is 10.1. The van der Waals surface area contributed by atoms with E-state index in [2.05, 4.69) is 31.3 Å². The molecule has 1 aromatic carbocycles. The highest BCUT2D eigenvalue weighted by Crippen LogP contribution is 2.18. The first-order valence-electron chi connectivity index (χ1n) is 6.14. The summed E-state index contributed by atoms with van der Waals surface area (Å²) in [5.74, 6) is 0. The van der Waals surface area contributed by atoms with Crippen LogP contribution in [0, 0.1) is 0 Å². The van der Waals surface area contributed by atoms with E-state index in [0.29, 0.717) is 6.61 Å². The predicted molar refractivity (Wildman–Crippen MR) is 71.3 cm³/mol. The molecule has 0 radical (unpaired) electrons. The molecule has 0 aliphatic carbocycles. The third-order valence-corrected chi connectivity index (χ3v) is 2.94. The van der Waals surface area contributed by atoms with Crippen LogP contribution < -0.4 is 5.32 Å². The predicted octanol–water partition coefficient (Wildman–Crippen LogP) is 3.06. The molecule has 1 N–H and O–H groups in total. The Labute approximate surface area is 104 Å². The molecule has 0 spiro atoms. The molecule has 0 fully saturated rings. The Morgan fingerprint density at radius 2 is 1.94 bits per heavy atom. The van der Waals surface area contributed by atoms with E-state index in [0.717, 1.165) is 12.3 Å². The molecule has 0 aromatic heterocycles. The normalized spacial score (nSPS) is 14.4. The number of hydrogen-bond acceptors (Lipinski definition) is 3. The van der Waals surface area contributed by atoms with Crippen molar-refractivity contribution in [3.63, 3.8) is 0 Å². The Hall–Kier alpha value is -1.06. The van der Waals surface area contributed by atoms with Crippen molar-refractivity contribution in [3.05, 3.63) is 29.8 Å². The van der Waals surface area contributed by atoms with E-state index in [4.69, 9.17) is 9.47 Å². The average molecular weight is 237 g/mol. The lowest BCUT2D eigenvalue weighted by Gasteiger charge is -2.22. The van der Waals surface area contributed by atoms with Crippen molar-refractivity contribution in [3.8, 4) is 0 Å². The van der Waals surface area contributed by atoms with Gasteiger partial charge in [0, 0.05) is 31.0 Å². The molecule has 3 heteroatoms. The summed E-state index contributed by atoms with van der Waals surface area (Å²) in [5.41, 5.74) is 2.31. The summed E-state index contributed by atoms with van der Waals surface area (Å²) in [6.45, 7) is 7.56. The largest absolute Gasteiger partial charge is 0.380 e. The Morgan fingerprint density at radius 3 is 2.59 bits per heavy atom. The van der Waals surface area contributed by atoms with Gasteiger partial charge in [-0.05, 0) is 26.8 Å². The summed E-state index contributed by atoms with van der Waals surface area (Å²) in [5, 5.41) is 3.47. The number of rotatable bonds is 7. The number of hydrogen-bond donors (Lipinski definition) is 1. The number of anilines is 1. The number of para-hydroxylation sites is 1. The van der Waals surface area contributed by atoms with Crippen LogP contribution in [-0.4, -0.2) is 25.9 Å². The minimum absolute atomic E-state index is 0.176. The summed E-state index contributed by atoms with van der Waals surface area (Å²) in [6, 6.07) is 8.49. The number of benzene rings is 1. The Balaban J connectivity index is 2.68. The van der Waals surface area contributed by atoms with Crippen LogP contribution in [0.15, 0.2) is 24.3 Å². The molecule has 2 unspecified atom stereocenters. The molecule has 0 amide bonds. The monoisotopic (exact) mass is 237 g/mol. The highest BCUT2D eigenvalue weighted by atomic mass is 16.5. The van der Waals surface area contributed by atoms with Gasteiger partial charge in [-0.1, -0.05) is 18.2 Å². The minimum atomic E-state index is 0.176. The van der Waals surface area contributed by atoms with E-state index in [1.165, 1.54) is 5.56 Å². The van der Waals surface area contributed by atoms with Crippen LogP contribution in [0.1, 0.15) is 26.3 Å². The van der Waals surface area contributed by atoms with E-state index < -0.39 is 0 Å². The highest BCUT2D eigenvalue weighted by molar-refractivity contribution is 5.51. The molecule has 0 saturated heterocycles. The van der Waals surface area contributed by atoms with Gasteiger partial charge >= 0.3 is 0 Å². The SMILES string of the molecule is CCOCc1ccccc1NC(C)C(C)OC. The van der Waals surface area contributed by atoms with Crippen LogP contribution in [0.25, 0.3) is 0 Å². The molecule has 1 aromatic rings. The van der Waals surface area contributed by atoms with Gasteiger partial charge in [0.2, 0.25) is 0 Å². The van der Waals surface area contributed by atoms with Gasteiger partial charge in [0.05, 0.1) is 12.7 Å². The van der Waals surface area contributed by atoms with Gasteiger partial charge in [0.25, 0.3) is 0 Å². The molecule has 0 bridgehead atoms. The maximum absolute atomic E-state index is 5.46. The maximum atomic E-state index is 5.46. The van der Waals surface area contributed by atoms with Crippen LogP contribution in [0.5, 0.6) is 0 Å². The zero-order chi connectivity index (χ0) is 12.7. The van der Waals surface area contributed by atoms with E-state index in [-0.39, 0.29) is 12.1 Å². The van der Waals surface area contributed by atoms with Crippen molar-refractivity contribution in [1.29, 1.82) is 0 Å². The van der Waals surface area contributed by atoms with Crippen molar-refractivity contribution in [2.75, 3.05) is 19.0 Å². The number of nitrogens with one attached hydrogen (secondary N) is 1. The van der Waals surface area contributed by atoms with Gasteiger partial charge < -0.3 is 14.8 Å². The van der Waals surface area contributed by atoms with Crippen molar-refractivity contribution in [1.82, 2.24) is 0 Å². The highest BCUT2D eigenvalue weighted by Gasteiger charge is 2.12. The first-order valence-corrected chi connectivity index (χ1v) is 6.14. The Bertz CT molecular complexity index is 328. The fourth-order valence-corrected chi connectivity index (χ4v) is 1.57. The number of ether oxygens (including phenoxy) is 2. The van der Waals surface area contributed by atoms with E-state index in [9.17, 15) is 0 Å². The lowest BCUT2D eigenvalue weighted by molar-refractivity contribution is 0.106. The van der Waals surface area contributed by atoms with Crippen LogP contribution in [0.2, 0.25) is 0 Å². The first kappa shape index (κ1) is 14.0. The molecule has 0 heterocycles. The van der Waals surface area contributed by atoms with E-state index in [1.807, 2.05) is 19.1 Å². The molecule has 0 aliphatic rings. The molecule has 2 atom stereocenters. The van der Waals surface area contributed by atoms with Gasteiger partial charge in [0.1, 0.15) is 0 Å². The summed E-state index contributed by atoms with van der Waals surface area (Å²) >= 11 is 0. The third-order valence-electron chi connectivity index (χ3n) is 2.94. The second-order valence-electron chi connectivity index (χ2n) is 4.17. The van der Waals surface area contributed by atoms with Crippen LogP contribution >= 0.6 is 0 Å². The van der Waals surface area contributed by atoms with Gasteiger partial charge in [-0.15, -0.1) is 0 Å². The first-order chi connectivity index (χ1) is 8.19. The molecule has 17 heavy (non-hydrogen) atoms. The van der Waals surface area contributed by atoms with Gasteiger partial charge in [0.15, 0.2) is 0 Å². The molecule has 3 nitrogen and oxygen atoms in total. The summed E-state index contributed by atoms with van der Waals surface area (Å²) in [7, 11) is 1.73. The Morgan fingerprint density at radius 1 is 1.24 bits per heavy atom. The van der Waals surface area contributed by atoms with Gasteiger partial charge in [-0.3, -0.25) is 0 Å². The topological polar surface area (TPSA) is 30.5 Å². The van der Waals surface area contributed by atoms with Crippen molar-refractivity contribution < 1.29 is 9.47 Å². The zero-order valence-electron chi connectivity index (χ0n) is 11.2. The molecule has 1 rings (SSSR count). The van der Waals surface area contributed by atoms with E-state index >= 15 is 0 Å². The second kappa shape index (κ2) is 7.30. The second-order valence-corrected chi connectivity index (χ2v) is 4.17. The van der Waals surface area contributed by atoms with Crippen molar-refractivity contribution in [2.45, 2.75) is 39.5 Å². The minimum Gasteiger partial charge on any atom is -0.380 e. The molecular formula is C14H23NO2. The average Bonchev–Trinajstić information content (AvgIpc) is 2.36. The fraction of sp³-hybridized carbons (Fsp3) is 0.571. The van der Waals surface area contributed by atoms with Crippen LogP contribution in [0.4, 0.5) is 5.69 Å². The van der Waals surface area contributed by atoms with Crippen LogP contribution in [-0.2, 0) is 16.1 Å². The molecular weight excluding hydrogens is 214 g/mol. The standard InChI is InChI=1S/C14H23NO2/c1-5-17-10-13-8-6-7-9-14(13)15-11(2)12(3)16-4/h6-9,11-12,15H,5,10H2,1-4H3. The summed E-state index contributed by atoms with van der Waals surface area (Å²) in [6.07, 6.45) is 0.176.